The first kappa shape index (κ1) is 15.8. The van der Waals surface area contributed by atoms with Gasteiger partial charge in [-0.1, -0.05) is 49.6 Å². The van der Waals surface area contributed by atoms with E-state index in [4.69, 9.17) is 4.98 Å². The maximum atomic E-state index is 4.74. The third kappa shape index (κ3) is 4.44. The molecule has 1 aliphatic carbocycles. The lowest BCUT2D eigenvalue weighted by Gasteiger charge is -2.25. The highest BCUT2D eigenvalue weighted by atomic mass is 15.2. The van der Waals surface area contributed by atoms with E-state index in [1.54, 1.807) is 0 Å². The van der Waals surface area contributed by atoms with Gasteiger partial charge in [0, 0.05) is 25.3 Å². The molecular formula is C19H26N4. The number of nitrogens with zero attached hydrogens (tertiary/aromatic N) is 3. The summed E-state index contributed by atoms with van der Waals surface area (Å²) in [5, 5.41) is 3.52. The Morgan fingerprint density at radius 1 is 1.09 bits per heavy atom. The van der Waals surface area contributed by atoms with Gasteiger partial charge in [0.05, 0.1) is 0 Å². The van der Waals surface area contributed by atoms with Crippen LogP contribution in [-0.4, -0.2) is 22.6 Å². The summed E-state index contributed by atoms with van der Waals surface area (Å²) in [7, 11) is 0. The van der Waals surface area contributed by atoms with Crippen molar-refractivity contribution in [1.29, 1.82) is 0 Å². The fourth-order valence-electron chi connectivity index (χ4n) is 3.18. The molecule has 4 nitrogen and oxygen atoms in total. The molecule has 4 heteroatoms. The van der Waals surface area contributed by atoms with E-state index >= 15 is 0 Å². The largest absolute Gasteiger partial charge is 0.352 e. The molecule has 1 fully saturated rings. The topological polar surface area (TPSA) is 41.1 Å². The van der Waals surface area contributed by atoms with Crippen LogP contribution in [0, 0.1) is 0 Å². The van der Waals surface area contributed by atoms with Crippen LogP contribution in [0.5, 0.6) is 0 Å². The molecular weight excluding hydrogens is 284 g/mol. The first-order valence-corrected chi connectivity index (χ1v) is 8.73. The third-order valence-corrected chi connectivity index (χ3v) is 4.50. The van der Waals surface area contributed by atoms with Crippen molar-refractivity contribution in [3.05, 3.63) is 48.2 Å². The van der Waals surface area contributed by atoms with E-state index < -0.39 is 0 Å². The molecule has 0 saturated heterocycles. The first-order valence-electron chi connectivity index (χ1n) is 8.73. The first-order chi connectivity index (χ1) is 11.3. The second-order valence-electron chi connectivity index (χ2n) is 6.22. The minimum absolute atomic E-state index is 0.531. The Balaban J connectivity index is 1.69. The van der Waals surface area contributed by atoms with Crippen molar-refractivity contribution in [2.24, 2.45) is 0 Å². The fourth-order valence-corrected chi connectivity index (χ4v) is 3.18. The van der Waals surface area contributed by atoms with Crippen molar-refractivity contribution < 1.29 is 0 Å². The number of nitrogens with one attached hydrogen (secondary N) is 1. The van der Waals surface area contributed by atoms with Crippen molar-refractivity contribution in [1.82, 2.24) is 9.97 Å². The number of anilines is 2. The third-order valence-electron chi connectivity index (χ3n) is 4.50. The molecule has 1 aliphatic rings. The summed E-state index contributed by atoms with van der Waals surface area (Å²) < 4.78 is 0. The second kappa shape index (κ2) is 7.95. The number of hydrogen-bond donors (Lipinski definition) is 1. The Morgan fingerprint density at radius 3 is 2.61 bits per heavy atom. The highest BCUT2D eigenvalue weighted by molar-refractivity contribution is 5.43. The fraction of sp³-hybridized carbons (Fsp3) is 0.474. The van der Waals surface area contributed by atoms with Crippen LogP contribution in [0.1, 0.15) is 44.6 Å². The Labute approximate surface area is 139 Å². The van der Waals surface area contributed by atoms with E-state index in [0.29, 0.717) is 6.04 Å². The molecule has 0 amide bonds. The van der Waals surface area contributed by atoms with Crippen LogP contribution in [0.3, 0.4) is 0 Å². The van der Waals surface area contributed by atoms with E-state index in [0.717, 1.165) is 24.9 Å². The molecule has 0 bridgehead atoms. The molecule has 1 N–H and O–H groups in total. The van der Waals surface area contributed by atoms with Gasteiger partial charge in [-0.15, -0.1) is 0 Å². The minimum atomic E-state index is 0.531. The molecule has 0 radical (unpaired) electrons. The average molecular weight is 310 g/mol. The predicted molar refractivity (Wildman–Crippen MR) is 95.7 cm³/mol. The number of benzene rings is 1. The zero-order valence-corrected chi connectivity index (χ0v) is 13.9. The molecule has 1 aromatic heterocycles. The van der Waals surface area contributed by atoms with E-state index in [-0.39, 0.29) is 0 Å². The van der Waals surface area contributed by atoms with E-state index in [2.05, 4.69) is 52.5 Å². The van der Waals surface area contributed by atoms with Crippen molar-refractivity contribution >= 4 is 11.8 Å². The highest BCUT2D eigenvalue weighted by Gasteiger charge is 2.15. The standard InChI is InChI=1S/C19H26N4/c1-2-23(15-16-9-5-3-6-10-16)18-13-14-20-19(22-18)21-17-11-7-4-8-12-17/h3,5-6,9-10,13-14,17H,2,4,7-8,11-12,15H2,1H3,(H,20,21,22). The van der Waals surface area contributed by atoms with Crippen molar-refractivity contribution in [3.8, 4) is 0 Å². The number of aromatic nitrogens is 2. The highest BCUT2D eigenvalue weighted by Crippen LogP contribution is 2.21. The Kier molecular flexibility index (Phi) is 5.46. The molecule has 0 spiro atoms. The molecule has 0 unspecified atom stereocenters. The minimum Gasteiger partial charge on any atom is -0.352 e. The lowest BCUT2D eigenvalue weighted by atomic mass is 9.96. The lowest BCUT2D eigenvalue weighted by molar-refractivity contribution is 0.461. The van der Waals surface area contributed by atoms with E-state index in [9.17, 15) is 0 Å². The van der Waals surface area contributed by atoms with Gasteiger partial charge >= 0.3 is 0 Å². The molecule has 0 aliphatic heterocycles. The van der Waals surface area contributed by atoms with Crippen LogP contribution >= 0.6 is 0 Å². The van der Waals surface area contributed by atoms with Gasteiger partial charge in [0.25, 0.3) is 0 Å². The Hall–Kier alpha value is -2.10. The maximum Gasteiger partial charge on any atom is 0.224 e. The normalized spacial score (nSPS) is 15.3. The van der Waals surface area contributed by atoms with Crippen molar-refractivity contribution in [3.63, 3.8) is 0 Å². The smallest absolute Gasteiger partial charge is 0.224 e. The Bertz CT molecular complexity index is 593. The number of rotatable bonds is 6. The van der Waals surface area contributed by atoms with Crippen molar-refractivity contribution in [2.45, 2.75) is 51.6 Å². The molecule has 2 aromatic rings. The summed E-state index contributed by atoms with van der Waals surface area (Å²) >= 11 is 0. The van der Waals surface area contributed by atoms with Crippen LogP contribution in [0.2, 0.25) is 0 Å². The van der Waals surface area contributed by atoms with Crippen molar-refractivity contribution in [2.75, 3.05) is 16.8 Å². The quantitative estimate of drug-likeness (QED) is 0.866. The van der Waals surface area contributed by atoms with Gasteiger partial charge in [0.2, 0.25) is 5.95 Å². The molecule has 0 atom stereocenters. The van der Waals surface area contributed by atoms with Crippen LogP contribution < -0.4 is 10.2 Å². The second-order valence-corrected chi connectivity index (χ2v) is 6.22. The summed E-state index contributed by atoms with van der Waals surface area (Å²) in [6, 6.07) is 13.1. The van der Waals surface area contributed by atoms with Gasteiger partial charge in [0.1, 0.15) is 5.82 Å². The molecule has 1 aromatic carbocycles. The summed E-state index contributed by atoms with van der Waals surface area (Å²) in [6.45, 7) is 3.96. The van der Waals surface area contributed by atoms with Gasteiger partial charge in [-0.3, -0.25) is 0 Å². The molecule has 122 valence electrons. The number of hydrogen-bond acceptors (Lipinski definition) is 4. The molecule has 23 heavy (non-hydrogen) atoms. The lowest BCUT2D eigenvalue weighted by Crippen LogP contribution is -2.26. The van der Waals surface area contributed by atoms with Crippen LogP contribution in [0.4, 0.5) is 11.8 Å². The van der Waals surface area contributed by atoms with Gasteiger partial charge < -0.3 is 10.2 Å². The van der Waals surface area contributed by atoms with Gasteiger partial charge in [-0.05, 0) is 31.4 Å². The average Bonchev–Trinajstić information content (AvgIpc) is 2.62. The maximum absolute atomic E-state index is 4.74. The molecule has 1 heterocycles. The summed E-state index contributed by atoms with van der Waals surface area (Å²) in [5.74, 6) is 1.76. The summed E-state index contributed by atoms with van der Waals surface area (Å²) in [5.41, 5.74) is 1.30. The zero-order valence-electron chi connectivity index (χ0n) is 13.9. The van der Waals surface area contributed by atoms with Gasteiger partial charge in [-0.2, -0.15) is 4.98 Å². The van der Waals surface area contributed by atoms with E-state index in [1.165, 1.54) is 37.7 Å². The van der Waals surface area contributed by atoms with Crippen LogP contribution in [0.15, 0.2) is 42.6 Å². The van der Waals surface area contributed by atoms with Crippen LogP contribution in [0.25, 0.3) is 0 Å². The zero-order chi connectivity index (χ0) is 15.9. The molecule has 1 saturated carbocycles. The monoisotopic (exact) mass is 310 g/mol. The predicted octanol–water partition coefficient (Wildman–Crippen LogP) is 4.25. The van der Waals surface area contributed by atoms with E-state index in [1.807, 2.05) is 12.3 Å². The summed E-state index contributed by atoms with van der Waals surface area (Å²) in [4.78, 5) is 11.4. The Morgan fingerprint density at radius 2 is 1.87 bits per heavy atom. The molecule has 3 rings (SSSR count). The summed E-state index contributed by atoms with van der Waals surface area (Å²) in [6.07, 6.45) is 8.31. The SMILES string of the molecule is CCN(Cc1ccccc1)c1ccnc(NC2CCCCC2)n1. The van der Waals surface area contributed by atoms with Gasteiger partial charge in [-0.25, -0.2) is 4.98 Å². The van der Waals surface area contributed by atoms with Crippen LogP contribution in [-0.2, 0) is 6.54 Å². The van der Waals surface area contributed by atoms with Gasteiger partial charge in [0.15, 0.2) is 0 Å².